The van der Waals surface area contributed by atoms with Crippen molar-refractivity contribution < 1.29 is 19.9 Å². The second-order valence-corrected chi connectivity index (χ2v) is 6.87. The Labute approximate surface area is 163 Å². The molecular weight excluding hydrogens is 382 g/mol. The monoisotopic (exact) mass is 401 g/mol. The number of nitrogens with zero attached hydrogens (tertiary/aromatic N) is 4. The lowest BCUT2D eigenvalue weighted by molar-refractivity contribution is -0.383. The van der Waals surface area contributed by atoms with Crippen LogP contribution in [-0.2, 0) is 11.3 Å². The maximum absolute atomic E-state index is 12.3. The number of rotatable bonds is 5. The van der Waals surface area contributed by atoms with E-state index in [1.165, 1.54) is 16.8 Å². The summed E-state index contributed by atoms with van der Waals surface area (Å²) >= 11 is 0. The predicted octanol–water partition coefficient (Wildman–Crippen LogP) is 0.377. The summed E-state index contributed by atoms with van der Waals surface area (Å²) in [6.07, 6.45) is 0.802. The Morgan fingerprint density at radius 1 is 1.38 bits per heavy atom. The molecule has 0 amide bonds. The molecule has 4 N–H and O–H groups in total. The smallest absolute Gasteiger partial charge is 0.351 e. The number of aliphatic hydroxyl groups is 2. The zero-order chi connectivity index (χ0) is 20.7. The first-order valence-electron chi connectivity index (χ1n) is 8.93. The predicted molar refractivity (Wildman–Crippen MR) is 102 cm³/mol. The number of benzene rings is 1. The fraction of sp³-hybridized carbons (Fsp3) is 0.333. The van der Waals surface area contributed by atoms with E-state index in [1.807, 2.05) is 0 Å². The van der Waals surface area contributed by atoms with Gasteiger partial charge in [-0.25, -0.2) is 4.79 Å². The number of hydrogen-bond donors (Lipinski definition) is 3. The van der Waals surface area contributed by atoms with Crippen LogP contribution in [0.4, 0.5) is 11.5 Å². The van der Waals surface area contributed by atoms with Gasteiger partial charge < -0.3 is 25.3 Å². The molecule has 3 aromatic rings. The van der Waals surface area contributed by atoms with Gasteiger partial charge in [0.1, 0.15) is 23.7 Å². The molecule has 1 aliphatic rings. The summed E-state index contributed by atoms with van der Waals surface area (Å²) in [6, 6.07) is 6.56. The van der Waals surface area contributed by atoms with E-state index in [9.17, 15) is 25.1 Å². The number of aliphatic hydroxyl groups excluding tert-OH is 2. The number of non-ortho nitro benzene ring substituents is 1. The molecule has 0 saturated carbocycles. The van der Waals surface area contributed by atoms with Gasteiger partial charge in [0.05, 0.1) is 24.2 Å². The molecule has 1 saturated heterocycles. The van der Waals surface area contributed by atoms with Crippen molar-refractivity contribution in [3.63, 3.8) is 0 Å². The number of hydrogen-bond acceptors (Lipinski definition) is 8. The van der Waals surface area contributed by atoms with Crippen molar-refractivity contribution >= 4 is 22.4 Å². The van der Waals surface area contributed by atoms with Gasteiger partial charge in [-0.1, -0.05) is 12.1 Å². The summed E-state index contributed by atoms with van der Waals surface area (Å²) in [5, 5.41) is 31.3. The molecule has 3 heterocycles. The van der Waals surface area contributed by atoms with Gasteiger partial charge in [0.25, 0.3) is 5.69 Å². The standard InChI is InChI=1S/C18H19N5O6/c19-17-11(7-21-5-4-10-2-1-3-12(16(10)21)23(27)28)8-22(18(26)20-17)15-6-13(25)14(9-24)29-15/h1-5,8,13-15,24-25H,6-7,9H2,(H2,19,20,26)/t13?,14-,15-/m1/s1. The highest BCUT2D eigenvalue weighted by Crippen LogP contribution is 2.29. The minimum Gasteiger partial charge on any atom is -0.394 e. The van der Waals surface area contributed by atoms with Crippen molar-refractivity contribution in [3.8, 4) is 0 Å². The molecule has 0 spiro atoms. The molecule has 4 rings (SSSR count). The lowest BCUT2D eigenvalue weighted by atomic mass is 10.2. The summed E-state index contributed by atoms with van der Waals surface area (Å²) in [4.78, 5) is 27.1. The van der Waals surface area contributed by atoms with Crippen LogP contribution < -0.4 is 11.4 Å². The molecule has 3 atom stereocenters. The third-order valence-electron chi connectivity index (χ3n) is 5.06. The van der Waals surface area contributed by atoms with Gasteiger partial charge in [-0.15, -0.1) is 0 Å². The van der Waals surface area contributed by atoms with E-state index in [4.69, 9.17) is 10.5 Å². The largest absolute Gasteiger partial charge is 0.394 e. The highest BCUT2D eigenvalue weighted by atomic mass is 16.6. The van der Waals surface area contributed by atoms with Gasteiger partial charge in [0.2, 0.25) is 0 Å². The number of fused-ring (bicyclic) bond motifs is 1. The molecule has 0 radical (unpaired) electrons. The van der Waals surface area contributed by atoms with E-state index >= 15 is 0 Å². The minimum atomic E-state index is -0.908. The normalized spacial score (nSPS) is 21.7. The molecule has 0 bridgehead atoms. The quantitative estimate of drug-likeness (QED) is 0.409. The first kappa shape index (κ1) is 19.1. The molecule has 29 heavy (non-hydrogen) atoms. The average Bonchev–Trinajstić information content (AvgIpc) is 3.26. The Bertz CT molecular complexity index is 1140. The fourth-order valence-electron chi connectivity index (χ4n) is 3.60. The second kappa shape index (κ2) is 7.28. The molecule has 1 aliphatic heterocycles. The maximum Gasteiger partial charge on any atom is 0.351 e. The van der Waals surface area contributed by atoms with Crippen molar-refractivity contribution in [2.24, 2.45) is 0 Å². The summed E-state index contributed by atoms with van der Waals surface area (Å²) in [5.41, 5.74) is 6.13. The van der Waals surface area contributed by atoms with Crippen LogP contribution >= 0.6 is 0 Å². The lowest BCUT2D eigenvalue weighted by Gasteiger charge is -2.16. The van der Waals surface area contributed by atoms with Crippen molar-refractivity contribution in [3.05, 3.63) is 62.8 Å². The maximum atomic E-state index is 12.3. The number of nitrogens with two attached hydrogens (primary N) is 1. The van der Waals surface area contributed by atoms with Crippen LogP contribution in [-0.4, -0.2) is 48.1 Å². The van der Waals surface area contributed by atoms with Crippen LogP contribution in [0.5, 0.6) is 0 Å². The van der Waals surface area contributed by atoms with Crippen molar-refractivity contribution in [1.82, 2.24) is 14.1 Å². The molecule has 1 unspecified atom stereocenters. The van der Waals surface area contributed by atoms with Gasteiger partial charge in [-0.2, -0.15) is 4.98 Å². The highest BCUT2D eigenvalue weighted by molar-refractivity contribution is 5.88. The zero-order valence-corrected chi connectivity index (χ0v) is 15.2. The topological polar surface area (TPSA) is 159 Å². The summed E-state index contributed by atoms with van der Waals surface area (Å²) in [6.45, 7) is -0.229. The molecule has 2 aromatic heterocycles. The van der Waals surface area contributed by atoms with Gasteiger partial charge in [-0.3, -0.25) is 14.7 Å². The number of anilines is 1. The zero-order valence-electron chi connectivity index (χ0n) is 15.2. The number of ether oxygens (including phenoxy) is 1. The molecule has 1 aromatic carbocycles. The molecule has 1 fully saturated rings. The minimum absolute atomic E-state index is 0.00365. The van der Waals surface area contributed by atoms with Crippen molar-refractivity contribution in [2.75, 3.05) is 12.3 Å². The third-order valence-corrected chi connectivity index (χ3v) is 5.06. The summed E-state index contributed by atoms with van der Waals surface area (Å²) in [7, 11) is 0. The first-order valence-corrected chi connectivity index (χ1v) is 8.93. The Morgan fingerprint density at radius 2 is 2.17 bits per heavy atom. The van der Waals surface area contributed by atoms with E-state index in [1.54, 1.807) is 29.0 Å². The van der Waals surface area contributed by atoms with Gasteiger partial charge in [-0.05, 0) is 6.07 Å². The molecule has 0 aliphatic carbocycles. The molecule has 11 heteroatoms. The third kappa shape index (κ3) is 3.35. The summed E-state index contributed by atoms with van der Waals surface area (Å²) in [5.74, 6) is 0.00365. The van der Waals surface area contributed by atoms with E-state index in [-0.39, 0.29) is 31.1 Å². The van der Waals surface area contributed by atoms with Crippen molar-refractivity contribution in [2.45, 2.75) is 31.4 Å². The Balaban J connectivity index is 1.73. The average molecular weight is 401 g/mol. The van der Waals surface area contributed by atoms with Gasteiger partial charge >= 0.3 is 5.69 Å². The number of nitro benzene ring substituents is 1. The number of para-hydroxylation sites is 1. The number of aromatic nitrogens is 3. The van der Waals surface area contributed by atoms with Crippen LogP contribution in [0.2, 0.25) is 0 Å². The van der Waals surface area contributed by atoms with Gasteiger partial charge in [0.15, 0.2) is 0 Å². The van der Waals surface area contributed by atoms with E-state index in [2.05, 4.69) is 4.98 Å². The van der Waals surface area contributed by atoms with E-state index < -0.39 is 29.0 Å². The SMILES string of the molecule is Nc1nc(=O)n([C@H]2CC(O)[C@@H](CO)O2)cc1Cn1ccc2cccc([N+](=O)[O-])c21. The van der Waals surface area contributed by atoms with Crippen LogP contribution in [0.25, 0.3) is 10.9 Å². The Morgan fingerprint density at radius 3 is 2.86 bits per heavy atom. The van der Waals surface area contributed by atoms with E-state index in [0.29, 0.717) is 16.5 Å². The van der Waals surface area contributed by atoms with Gasteiger partial charge in [0, 0.05) is 35.8 Å². The molecular formula is C18H19N5O6. The van der Waals surface area contributed by atoms with E-state index in [0.717, 1.165) is 0 Å². The molecule has 152 valence electrons. The molecule has 11 nitrogen and oxygen atoms in total. The second-order valence-electron chi connectivity index (χ2n) is 6.87. The van der Waals surface area contributed by atoms with Crippen LogP contribution in [0.3, 0.4) is 0 Å². The van der Waals surface area contributed by atoms with Crippen LogP contribution in [0.15, 0.2) is 41.5 Å². The number of nitrogen functional groups attached to an aromatic ring is 1. The highest BCUT2D eigenvalue weighted by Gasteiger charge is 2.35. The number of nitro groups is 1. The van der Waals surface area contributed by atoms with Crippen molar-refractivity contribution in [1.29, 1.82) is 0 Å². The Hall–Kier alpha value is -3.28. The van der Waals surface area contributed by atoms with Crippen LogP contribution in [0, 0.1) is 10.1 Å². The Kier molecular flexibility index (Phi) is 4.78. The lowest BCUT2D eigenvalue weighted by Crippen LogP contribution is -2.29. The first-order chi connectivity index (χ1) is 13.9. The summed E-state index contributed by atoms with van der Waals surface area (Å²) < 4.78 is 8.40. The fourth-order valence-corrected chi connectivity index (χ4v) is 3.60. The van der Waals surface area contributed by atoms with Crippen LogP contribution in [0.1, 0.15) is 18.2 Å².